The molecule has 0 bridgehead atoms. The molecule has 0 saturated carbocycles. The molecule has 0 aliphatic heterocycles. The molecule has 0 spiro atoms. The molecular formula is C16H19NO. The van der Waals surface area contributed by atoms with Crippen LogP contribution in [-0.2, 0) is 6.42 Å². The van der Waals surface area contributed by atoms with Gasteiger partial charge in [0.1, 0.15) is 0 Å². The normalized spacial score (nSPS) is 12.1. The number of anilines is 1. The number of aryl methyl sites for hydroxylation is 1. The van der Waals surface area contributed by atoms with E-state index in [1.165, 1.54) is 11.1 Å². The van der Waals surface area contributed by atoms with Gasteiger partial charge >= 0.3 is 0 Å². The van der Waals surface area contributed by atoms with Gasteiger partial charge in [-0.1, -0.05) is 48.0 Å². The fraction of sp³-hybridized carbons (Fsp3) is 0.250. The highest BCUT2D eigenvalue weighted by Gasteiger charge is 2.05. The van der Waals surface area contributed by atoms with E-state index in [0.717, 1.165) is 5.69 Å². The van der Waals surface area contributed by atoms with Gasteiger partial charge in [0.05, 0.1) is 6.10 Å². The van der Waals surface area contributed by atoms with Gasteiger partial charge < -0.3 is 10.4 Å². The number of benzene rings is 2. The van der Waals surface area contributed by atoms with Crippen molar-refractivity contribution < 1.29 is 5.11 Å². The second-order valence-electron chi connectivity index (χ2n) is 4.59. The highest BCUT2D eigenvalue weighted by atomic mass is 16.3. The Morgan fingerprint density at radius 3 is 2.33 bits per heavy atom. The van der Waals surface area contributed by atoms with Crippen molar-refractivity contribution in [2.75, 3.05) is 11.9 Å². The highest BCUT2D eigenvalue weighted by Crippen LogP contribution is 2.08. The molecule has 0 saturated heterocycles. The summed E-state index contributed by atoms with van der Waals surface area (Å²) in [5.41, 5.74) is 3.46. The predicted octanol–water partition coefficient (Wildman–Crippen LogP) is 3.01. The van der Waals surface area contributed by atoms with E-state index in [1.807, 2.05) is 30.3 Å². The van der Waals surface area contributed by atoms with E-state index < -0.39 is 0 Å². The standard InChI is InChI=1S/C16H19NO/c1-13-7-9-14(10-8-13)11-16(18)12-17-15-5-3-2-4-6-15/h2-10,16-18H,11-12H2,1H3/t16-/m0/s1. The molecule has 0 fully saturated rings. The quantitative estimate of drug-likeness (QED) is 0.843. The number of para-hydroxylation sites is 1. The van der Waals surface area contributed by atoms with Crippen LogP contribution >= 0.6 is 0 Å². The van der Waals surface area contributed by atoms with Crippen molar-refractivity contribution in [2.24, 2.45) is 0 Å². The molecule has 2 aromatic carbocycles. The molecule has 2 aromatic rings. The Hall–Kier alpha value is -1.80. The Bertz CT molecular complexity index is 464. The minimum absolute atomic E-state index is 0.368. The van der Waals surface area contributed by atoms with Crippen LogP contribution in [0.5, 0.6) is 0 Å². The summed E-state index contributed by atoms with van der Waals surface area (Å²) in [5.74, 6) is 0. The molecule has 18 heavy (non-hydrogen) atoms. The van der Waals surface area contributed by atoms with Gasteiger partial charge in [-0.25, -0.2) is 0 Å². The lowest BCUT2D eigenvalue weighted by molar-refractivity contribution is 0.188. The summed E-state index contributed by atoms with van der Waals surface area (Å²) in [6.45, 7) is 2.63. The third-order valence-electron chi connectivity index (χ3n) is 2.91. The maximum atomic E-state index is 9.97. The van der Waals surface area contributed by atoms with Crippen LogP contribution < -0.4 is 5.32 Å². The lowest BCUT2D eigenvalue weighted by atomic mass is 10.1. The van der Waals surface area contributed by atoms with Crippen LogP contribution in [0, 0.1) is 6.92 Å². The van der Waals surface area contributed by atoms with Gasteiger partial charge in [0, 0.05) is 18.7 Å². The fourth-order valence-electron chi connectivity index (χ4n) is 1.86. The zero-order chi connectivity index (χ0) is 12.8. The second kappa shape index (κ2) is 6.22. The van der Waals surface area contributed by atoms with E-state index in [4.69, 9.17) is 0 Å². The zero-order valence-electron chi connectivity index (χ0n) is 10.6. The zero-order valence-corrected chi connectivity index (χ0v) is 10.6. The van der Waals surface area contributed by atoms with Gasteiger partial charge in [-0.05, 0) is 24.6 Å². The van der Waals surface area contributed by atoms with Crippen molar-refractivity contribution in [1.29, 1.82) is 0 Å². The topological polar surface area (TPSA) is 32.3 Å². The van der Waals surface area contributed by atoms with Gasteiger partial charge in [-0.3, -0.25) is 0 Å². The Balaban J connectivity index is 1.82. The number of aliphatic hydroxyl groups excluding tert-OH is 1. The van der Waals surface area contributed by atoms with Crippen LogP contribution in [0.1, 0.15) is 11.1 Å². The van der Waals surface area contributed by atoms with E-state index in [1.54, 1.807) is 0 Å². The molecule has 2 rings (SSSR count). The molecule has 0 unspecified atom stereocenters. The first-order valence-corrected chi connectivity index (χ1v) is 6.26. The van der Waals surface area contributed by atoms with Crippen LogP contribution in [0.4, 0.5) is 5.69 Å². The Morgan fingerprint density at radius 1 is 1.00 bits per heavy atom. The van der Waals surface area contributed by atoms with Crippen LogP contribution in [0.25, 0.3) is 0 Å². The summed E-state index contributed by atoms with van der Waals surface area (Å²) in [5, 5.41) is 13.2. The molecule has 0 radical (unpaired) electrons. The first kappa shape index (κ1) is 12.7. The van der Waals surface area contributed by atoms with E-state index in [2.05, 4.69) is 36.5 Å². The summed E-state index contributed by atoms with van der Waals surface area (Å²) in [6, 6.07) is 18.2. The molecule has 0 aromatic heterocycles. The van der Waals surface area contributed by atoms with E-state index >= 15 is 0 Å². The third-order valence-corrected chi connectivity index (χ3v) is 2.91. The molecular weight excluding hydrogens is 222 g/mol. The molecule has 0 heterocycles. The summed E-state index contributed by atoms with van der Waals surface area (Å²) in [4.78, 5) is 0. The number of hydrogen-bond donors (Lipinski definition) is 2. The maximum absolute atomic E-state index is 9.97. The van der Waals surface area contributed by atoms with Crippen molar-refractivity contribution in [2.45, 2.75) is 19.4 Å². The van der Waals surface area contributed by atoms with Gasteiger partial charge in [-0.2, -0.15) is 0 Å². The Morgan fingerprint density at radius 2 is 1.67 bits per heavy atom. The minimum Gasteiger partial charge on any atom is -0.391 e. The largest absolute Gasteiger partial charge is 0.391 e. The first-order valence-electron chi connectivity index (χ1n) is 6.26. The molecule has 0 aliphatic rings. The maximum Gasteiger partial charge on any atom is 0.0752 e. The highest BCUT2D eigenvalue weighted by molar-refractivity contribution is 5.42. The van der Waals surface area contributed by atoms with Crippen molar-refractivity contribution in [3.05, 3.63) is 65.7 Å². The molecule has 1 atom stereocenters. The Kier molecular flexibility index (Phi) is 4.37. The van der Waals surface area contributed by atoms with E-state index in [-0.39, 0.29) is 6.10 Å². The van der Waals surface area contributed by atoms with Crippen LogP contribution in [0.3, 0.4) is 0 Å². The number of hydrogen-bond acceptors (Lipinski definition) is 2. The summed E-state index contributed by atoms with van der Waals surface area (Å²) in [7, 11) is 0. The second-order valence-corrected chi connectivity index (χ2v) is 4.59. The molecule has 94 valence electrons. The molecule has 2 N–H and O–H groups in total. The Labute approximate surface area is 108 Å². The number of nitrogens with one attached hydrogen (secondary N) is 1. The molecule has 0 amide bonds. The van der Waals surface area contributed by atoms with Gasteiger partial charge in [-0.15, -0.1) is 0 Å². The lowest BCUT2D eigenvalue weighted by Gasteiger charge is -2.13. The van der Waals surface area contributed by atoms with Gasteiger partial charge in [0.15, 0.2) is 0 Å². The van der Waals surface area contributed by atoms with Gasteiger partial charge in [0.25, 0.3) is 0 Å². The summed E-state index contributed by atoms with van der Waals surface area (Å²) >= 11 is 0. The van der Waals surface area contributed by atoms with Crippen molar-refractivity contribution >= 4 is 5.69 Å². The average molecular weight is 241 g/mol. The molecule has 2 heteroatoms. The minimum atomic E-state index is -0.368. The predicted molar refractivity (Wildman–Crippen MR) is 75.8 cm³/mol. The van der Waals surface area contributed by atoms with Gasteiger partial charge in [0.2, 0.25) is 0 Å². The first-order chi connectivity index (χ1) is 8.74. The van der Waals surface area contributed by atoms with Crippen molar-refractivity contribution in [3.8, 4) is 0 Å². The molecule has 0 aliphatic carbocycles. The van der Waals surface area contributed by atoms with Crippen LogP contribution in [-0.4, -0.2) is 17.8 Å². The summed E-state index contributed by atoms with van der Waals surface area (Å²) < 4.78 is 0. The van der Waals surface area contributed by atoms with Crippen molar-refractivity contribution in [1.82, 2.24) is 0 Å². The van der Waals surface area contributed by atoms with E-state index in [9.17, 15) is 5.11 Å². The monoisotopic (exact) mass is 241 g/mol. The third kappa shape index (κ3) is 3.90. The van der Waals surface area contributed by atoms with Crippen LogP contribution in [0.2, 0.25) is 0 Å². The van der Waals surface area contributed by atoms with E-state index in [0.29, 0.717) is 13.0 Å². The average Bonchev–Trinajstić information content (AvgIpc) is 2.40. The van der Waals surface area contributed by atoms with Crippen LogP contribution in [0.15, 0.2) is 54.6 Å². The van der Waals surface area contributed by atoms with Crippen molar-refractivity contribution in [3.63, 3.8) is 0 Å². The smallest absolute Gasteiger partial charge is 0.0752 e. The SMILES string of the molecule is Cc1ccc(C[C@H](O)CNc2ccccc2)cc1. The summed E-state index contributed by atoms with van der Waals surface area (Å²) in [6.07, 6.45) is 0.313. The fourth-order valence-corrected chi connectivity index (χ4v) is 1.86. The molecule has 2 nitrogen and oxygen atoms in total. The number of rotatable bonds is 5. The number of aliphatic hydroxyl groups is 1. The lowest BCUT2D eigenvalue weighted by Crippen LogP contribution is -2.21.